The van der Waals surface area contributed by atoms with Gasteiger partial charge in [-0.15, -0.1) is 0 Å². The third-order valence-corrected chi connectivity index (χ3v) is 5.54. The fourth-order valence-electron chi connectivity index (χ4n) is 4.23. The van der Waals surface area contributed by atoms with E-state index >= 15 is 0 Å². The van der Waals surface area contributed by atoms with E-state index < -0.39 is 5.54 Å². The molecule has 0 fully saturated rings. The minimum absolute atomic E-state index is 0.0577. The zero-order valence-electron chi connectivity index (χ0n) is 13.2. The Morgan fingerprint density at radius 1 is 1.21 bits per heavy atom. The molecule has 24 heavy (non-hydrogen) atoms. The highest BCUT2D eigenvalue weighted by atomic mass is 35.5. The Morgan fingerprint density at radius 3 is 2.92 bits per heavy atom. The highest BCUT2D eigenvalue weighted by Crippen LogP contribution is 2.47. The summed E-state index contributed by atoms with van der Waals surface area (Å²) >= 11 is 6.20. The van der Waals surface area contributed by atoms with Crippen LogP contribution in [0.1, 0.15) is 16.8 Å². The number of likely N-dealkylation sites (N-methyl/N-ethyl adjacent to an activating group) is 1. The van der Waals surface area contributed by atoms with E-state index in [-0.39, 0.29) is 5.91 Å². The molecule has 2 aromatic carbocycles. The molecule has 2 aliphatic heterocycles. The Morgan fingerprint density at radius 2 is 2.04 bits per heavy atom. The van der Waals surface area contributed by atoms with Crippen molar-refractivity contribution in [3.05, 3.63) is 64.3 Å². The molecule has 0 saturated heterocycles. The lowest BCUT2D eigenvalue weighted by Gasteiger charge is -2.33. The maximum absolute atomic E-state index is 13.3. The van der Waals surface area contributed by atoms with Crippen LogP contribution in [0.25, 0.3) is 10.9 Å². The molecule has 0 unspecified atom stereocenters. The van der Waals surface area contributed by atoms with Crippen LogP contribution >= 0.6 is 11.6 Å². The first-order valence-corrected chi connectivity index (χ1v) is 8.44. The molecular weight excluding hydrogens is 322 g/mol. The number of carbonyl (C=O) groups is 1. The third kappa shape index (κ3) is 1.55. The van der Waals surface area contributed by atoms with Crippen molar-refractivity contribution >= 4 is 34.1 Å². The molecule has 0 bridgehead atoms. The van der Waals surface area contributed by atoms with Crippen LogP contribution in [0, 0.1) is 0 Å². The predicted molar refractivity (Wildman–Crippen MR) is 95.6 cm³/mol. The van der Waals surface area contributed by atoms with Crippen LogP contribution in [-0.2, 0) is 16.8 Å². The summed E-state index contributed by atoms with van der Waals surface area (Å²) in [7, 11) is 1.84. The van der Waals surface area contributed by atoms with E-state index in [0.717, 1.165) is 40.8 Å². The van der Waals surface area contributed by atoms with Crippen LogP contribution in [-0.4, -0.2) is 24.5 Å². The molecule has 5 rings (SSSR count). The molecule has 2 N–H and O–H groups in total. The average molecular weight is 338 g/mol. The van der Waals surface area contributed by atoms with Gasteiger partial charge in [-0.25, -0.2) is 0 Å². The van der Waals surface area contributed by atoms with Gasteiger partial charge in [0, 0.05) is 40.8 Å². The van der Waals surface area contributed by atoms with Crippen LogP contribution in [0.4, 0.5) is 5.69 Å². The zero-order chi connectivity index (χ0) is 16.5. The predicted octanol–water partition coefficient (Wildman–Crippen LogP) is 3.19. The van der Waals surface area contributed by atoms with Gasteiger partial charge in [0.05, 0.1) is 5.69 Å². The van der Waals surface area contributed by atoms with Gasteiger partial charge in [-0.3, -0.25) is 10.1 Å². The number of anilines is 1. The second kappa shape index (κ2) is 4.62. The molecule has 2 aliphatic rings. The van der Waals surface area contributed by atoms with Crippen LogP contribution in [0.15, 0.2) is 42.5 Å². The van der Waals surface area contributed by atoms with E-state index in [4.69, 9.17) is 11.6 Å². The van der Waals surface area contributed by atoms with E-state index in [0.29, 0.717) is 5.02 Å². The number of aromatic nitrogens is 1. The van der Waals surface area contributed by atoms with Crippen molar-refractivity contribution in [3.63, 3.8) is 0 Å². The number of H-pyrrole nitrogens is 1. The number of rotatable bonds is 0. The van der Waals surface area contributed by atoms with Gasteiger partial charge in [0.1, 0.15) is 0 Å². The summed E-state index contributed by atoms with van der Waals surface area (Å²) in [5.41, 5.74) is 4.30. The van der Waals surface area contributed by atoms with E-state index in [2.05, 4.69) is 10.3 Å². The standard InChI is InChI=1S/C19H16ClN3O/c1-23-16-5-3-2-4-14(16)19(18(23)24)17-12(8-9-21-19)13-10-11(20)6-7-15(13)22-17/h2-7,10,21-22H,8-9H2,1H3/t19-/m1/s1. The first-order valence-electron chi connectivity index (χ1n) is 8.06. The molecule has 5 heteroatoms. The normalized spacial score (nSPS) is 22.2. The molecule has 1 amide bonds. The topological polar surface area (TPSA) is 48.1 Å². The number of nitrogens with zero attached hydrogens (tertiary/aromatic N) is 1. The number of halogens is 1. The van der Waals surface area contributed by atoms with Gasteiger partial charge in [-0.05, 0) is 36.2 Å². The number of benzene rings is 2. The lowest BCUT2D eigenvalue weighted by atomic mass is 9.82. The number of hydrogen-bond acceptors (Lipinski definition) is 2. The Labute approximate surface area is 144 Å². The number of nitrogens with one attached hydrogen (secondary N) is 2. The minimum atomic E-state index is -0.829. The maximum Gasteiger partial charge on any atom is 0.257 e. The summed E-state index contributed by atoms with van der Waals surface area (Å²) in [4.78, 5) is 18.5. The summed E-state index contributed by atoms with van der Waals surface area (Å²) < 4.78 is 0. The first-order chi connectivity index (χ1) is 11.6. The van der Waals surface area contributed by atoms with E-state index in [1.165, 1.54) is 5.56 Å². The molecular formula is C19H16ClN3O. The lowest BCUT2D eigenvalue weighted by Crippen LogP contribution is -2.54. The van der Waals surface area contributed by atoms with Crippen LogP contribution in [0.5, 0.6) is 0 Å². The Bertz CT molecular complexity index is 1010. The fraction of sp³-hybridized carbons (Fsp3) is 0.211. The summed E-state index contributed by atoms with van der Waals surface area (Å²) in [6.45, 7) is 0.750. The summed E-state index contributed by atoms with van der Waals surface area (Å²) in [6, 6.07) is 13.8. The smallest absolute Gasteiger partial charge is 0.257 e. The van der Waals surface area contributed by atoms with Crippen molar-refractivity contribution in [3.8, 4) is 0 Å². The van der Waals surface area contributed by atoms with Crippen molar-refractivity contribution in [2.75, 3.05) is 18.5 Å². The van der Waals surface area contributed by atoms with E-state index in [9.17, 15) is 4.79 Å². The molecule has 120 valence electrons. The summed E-state index contributed by atoms with van der Waals surface area (Å²) in [6.07, 6.45) is 0.872. The van der Waals surface area contributed by atoms with Crippen molar-refractivity contribution in [1.29, 1.82) is 0 Å². The Balaban J connectivity index is 1.87. The van der Waals surface area contributed by atoms with Gasteiger partial charge >= 0.3 is 0 Å². The second-order valence-electron chi connectivity index (χ2n) is 6.48. The number of amides is 1. The minimum Gasteiger partial charge on any atom is -0.356 e. The van der Waals surface area contributed by atoms with Gasteiger partial charge in [0.25, 0.3) is 5.91 Å². The molecule has 1 aromatic heterocycles. The zero-order valence-corrected chi connectivity index (χ0v) is 13.9. The first kappa shape index (κ1) is 14.1. The lowest BCUT2D eigenvalue weighted by molar-refractivity contribution is -0.122. The van der Waals surface area contributed by atoms with Crippen molar-refractivity contribution < 1.29 is 4.79 Å². The molecule has 0 radical (unpaired) electrons. The van der Waals surface area contributed by atoms with Crippen LogP contribution in [0.2, 0.25) is 5.02 Å². The van der Waals surface area contributed by atoms with Crippen molar-refractivity contribution in [2.45, 2.75) is 12.0 Å². The van der Waals surface area contributed by atoms with Gasteiger partial charge < -0.3 is 9.88 Å². The van der Waals surface area contributed by atoms with Crippen molar-refractivity contribution in [2.24, 2.45) is 0 Å². The van der Waals surface area contributed by atoms with Gasteiger partial charge in [0.2, 0.25) is 0 Å². The third-order valence-electron chi connectivity index (χ3n) is 5.30. The SMILES string of the molecule is CN1C(=O)[C@@]2(NCCc3c2[nH]c2ccc(Cl)cc32)c2ccccc21. The number of aromatic amines is 1. The Hall–Kier alpha value is -2.30. The average Bonchev–Trinajstić information content (AvgIpc) is 3.07. The number of carbonyl (C=O) groups excluding carboxylic acids is 1. The van der Waals surface area contributed by atoms with Crippen LogP contribution in [0.3, 0.4) is 0 Å². The molecule has 0 saturated carbocycles. The molecule has 4 nitrogen and oxygen atoms in total. The molecule has 0 aliphatic carbocycles. The number of hydrogen-bond donors (Lipinski definition) is 2. The number of fused-ring (bicyclic) bond motifs is 6. The highest BCUT2D eigenvalue weighted by molar-refractivity contribution is 6.31. The molecule has 3 heterocycles. The summed E-state index contributed by atoms with van der Waals surface area (Å²) in [5.74, 6) is 0.0577. The highest BCUT2D eigenvalue weighted by Gasteiger charge is 2.54. The molecule has 1 atom stereocenters. The largest absolute Gasteiger partial charge is 0.356 e. The van der Waals surface area contributed by atoms with E-state index in [1.54, 1.807) is 4.90 Å². The quantitative estimate of drug-likeness (QED) is 0.662. The van der Waals surface area contributed by atoms with Gasteiger partial charge in [0.15, 0.2) is 5.54 Å². The second-order valence-corrected chi connectivity index (χ2v) is 6.91. The maximum atomic E-state index is 13.3. The monoisotopic (exact) mass is 337 g/mol. The van der Waals surface area contributed by atoms with Crippen molar-refractivity contribution in [1.82, 2.24) is 10.3 Å². The van der Waals surface area contributed by atoms with E-state index in [1.807, 2.05) is 49.5 Å². The van der Waals surface area contributed by atoms with Gasteiger partial charge in [-0.1, -0.05) is 29.8 Å². The number of para-hydroxylation sites is 1. The summed E-state index contributed by atoms with van der Waals surface area (Å²) in [5, 5.41) is 5.33. The van der Waals surface area contributed by atoms with Crippen LogP contribution < -0.4 is 10.2 Å². The molecule has 1 spiro atoms. The fourth-order valence-corrected chi connectivity index (χ4v) is 4.41. The molecule has 3 aromatic rings. The van der Waals surface area contributed by atoms with Gasteiger partial charge in [-0.2, -0.15) is 0 Å². The Kier molecular flexibility index (Phi) is 2.71.